The van der Waals surface area contributed by atoms with Crippen molar-refractivity contribution in [2.24, 2.45) is 0 Å². The van der Waals surface area contributed by atoms with Crippen LogP contribution in [0.1, 0.15) is 21.9 Å². The van der Waals surface area contributed by atoms with E-state index in [1.807, 2.05) is 31.4 Å². The molecule has 2 aromatic rings. The fourth-order valence-corrected chi connectivity index (χ4v) is 2.52. The van der Waals surface area contributed by atoms with Gasteiger partial charge in [-0.25, -0.2) is 0 Å². The van der Waals surface area contributed by atoms with E-state index in [0.29, 0.717) is 13.0 Å². The monoisotopic (exact) mass is 264 g/mol. The van der Waals surface area contributed by atoms with E-state index in [9.17, 15) is 4.79 Å². The summed E-state index contributed by atoms with van der Waals surface area (Å²) in [6.07, 6.45) is 1.22. The van der Waals surface area contributed by atoms with E-state index in [-0.39, 0.29) is 5.91 Å². The molecule has 2 heterocycles. The van der Waals surface area contributed by atoms with Gasteiger partial charge in [-0.1, -0.05) is 11.2 Å². The summed E-state index contributed by atoms with van der Waals surface area (Å²) >= 11 is 1.60. The van der Waals surface area contributed by atoms with Gasteiger partial charge in [0.25, 0.3) is 0 Å². The molecule has 0 aliphatic carbocycles. The molecule has 18 heavy (non-hydrogen) atoms. The molecule has 0 aliphatic rings. The number of aryl methyl sites for hydroxylation is 2. The van der Waals surface area contributed by atoms with Crippen LogP contribution in [0.15, 0.2) is 22.0 Å². The number of nitrogens with zero attached hydrogens (tertiary/aromatic N) is 1. The number of aromatic nitrogens is 1. The zero-order valence-corrected chi connectivity index (χ0v) is 11.3. The number of hydrogen-bond acceptors (Lipinski definition) is 4. The zero-order valence-electron chi connectivity index (χ0n) is 10.5. The lowest BCUT2D eigenvalue weighted by Crippen LogP contribution is -2.27. The first kappa shape index (κ1) is 12.8. The summed E-state index contributed by atoms with van der Waals surface area (Å²) in [6, 6.07) is 3.93. The summed E-state index contributed by atoms with van der Waals surface area (Å²) < 4.78 is 5.08. The molecule has 2 rings (SSSR count). The minimum atomic E-state index is 0.0595. The summed E-state index contributed by atoms with van der Waals surface area (Å²) in [6.45, 7) is 4.43. The summed E-state index contributed by atoms with van der Waals surface area (Å²) in [7, 11) is 0. The van der Waals surface area contributed by atoms with Crippen LogP contribution in [0, 0.1) is 13.8 Å². The molecule has 0 unspecified atom stereocenters. The van der Waals surface area contributed by atoms with Crippen LogP contribution < -0.4 is 5.32 Å². The number of hydrogen-bond donors (Lipinski definition) is 1. The zero-order chi connectivity index (χ0) is 13.0. The lowest BCUT2D eigenvalue weighted by Gasteiger charge is -2.04. The van der Waals surface area contributed by atoms with E-state index in [0.717, 1.165) is 28.3 Å². The second-order valence-electron chi connectivity index (χ2n) is 4.16. The van der Waals surface area contributed by atoms with Crippen LogP contribution >= 0.6 is 11.3 Å². The normalized spacial score (nSPS) is 10.6. The SMILES string of the molecule is Cc1noc(C)c1CCNC(=O)Cc1cccs1. The molecular formula is C13H16N2O2S. The molecular weight excluding hydrogens is 248 g/mol. The molecule has 2 aromatic heterocycles. The van der Waals surface area contributed by atoms with Crippen LogP contribution in [0.25, 0.3) is 0 Å². The quantitative estimate of drug-likeness (QED) is 0.901. The third-order valence-corrected chi connectivity index (χ3v) is 3.67. The fourth-order valence-electron chi connectivity index (χ4n) is 1.82. The summed E-state index contributed by atoms with van der Waals surface area (Å²) in [5.74, 6) is 0.893. The average molecular weight is 264 g/mol. The summed E-state index contributed by atoms with van der Waals surface area (Å²) in [5, 5.41) is 8.78. The van der Waals surface area contributed by atoms with Gasteiger partial charge in [0.2, 0.25) is 5.91 Å². The van der Waals surface area contributed by atoms with Crippen LogP contribution in [0.3, 0.4) is 0 Å². The average Bonchev–Trinajstić information content (AvgIpc) is 2.93. The lowest BCUT2D eigenvalue weighted by molar-refractivity contribution is -0.120. The smallest absolute Gasteiger partial charge is 0.225 e. The van der Waals surface area contributed by atoms with Crippen molar-refractivity contribution in [3.63, 3.8) is 0 Å². The highest BCUT2D eigenvalue weighted by Gasteiger charge is 2.09. The third-order valence-electron chi connectivity index (χ3n) is 2.79. The van der Waals surface area contributed by atoms with Crippen LogP contribution in [0.4, 0.5) is 0 Å². The molecule has 0 spiro atoms. The van der Waals surface area contributed by atoms with Crippen molar-refractivity contribution in [2.75, 3.05) is 6.54 Å². The molecule has 1 amide bonds. The van der Waals surface area contributed by atoms with Crippen molar-refractivity contribution < 1.29 is 9.32 Å². The van der Waals surface area contributed by atoms with Gasteiger partial charge in [-0.2, -0.15) is 0 Å². The Labute approximate surface area is 110 Å². The first-order valence-corrected chi connectivity index (χ1v) is 6.75. The van der Waals surface area contributed by atoms with Crippen LogP contribution in [-0.4, -0.2) is 17.6 Å². The molecule has 0 atom stereocenters. The molecule has 0 bridgehead atoms. The first-order valence-electron chi connectivity index (χ1n) is 5.87. The Bertz CT molecular complexity index is 498. The molecule has 1 N–H and O–H groups in total. The number of thiophene rings is 1. The van der Waals surface area contributed by atoms with Crippen molar-refractivity contribution in [3.05, 3.63) is 39.4 Å². The van der Waals surface area contributed by atoms with Gasteiger partial charge in [-0.05, 0) is 31.7 Å². The number of amides is 1. The Hall–Kier alpha value is -1.62. The Morgan fingerprint density at radius 1 is 1.50 bits per heavy atom. The molecule has 96 valence electrons. The van der Waals surface area contributed by atoms with Gasteiger partial charge in [-0.3, -0.25) is 4.79 Å². The van der Waals surface area contributed by atoms with Crippen LogP contribution in [-0.2, 0) is 17.6 Å². The van der Waals surface area contributed by atoms with Crippen LogP contribution in [0.5, 0.6) is 0 Å². The van der Waals surface area contributed by atoms with E-state index in [2.05, 4.69) is 10.5 Å². The van der Waals surface area contributed by atoms with Gasteiger partial charge in [0, 0.05) is 17.0 Å². The Kier molecular flexibility index (Phi) is 4.15. The predicted octanol–water partition coefficient (Wildman–Crippen LogP) is 2.25. The molecule has 0 aliphatic heterocycles. The number of carbonyl (C=O) groups excluding carboxylic acids is 1. The highest BCUT2D eigenvalue weighted by atomic mass is 32.1. The van der Waals surface area contributed by atoms with Gasteiger partial charge in [0.15, 0.2) is 0 Å². The maximum Gasteiger partial charge on any atom is 0.225 e. The van der Waals surface area contributed by atoms with E-state index in [1.54, 1.807) is 11.3 Å². The maximum atomic E-state index is 11.7. The molecule has 0 saturated carbocycles. The molecule has 0 saturated heterocycles. The second kappa shape index (κ2) is 5.82. The number of nitrogens with one attached hydrogen (secondary N) is 1. The van der Waals surface area contributed by atoms with Crippen molar-refractivity contribution in [1.29, 1.82) is 0 Å². The number of carbonyl (C=O) groups is 1. The van der Waals surface area contributed by atoms with E-state index < -0.39 is 0 Å². The lowest BCUT2D eigenvalue weighted by atomic mass is 10.1. The maximum absolute atomic E-state index is 11.7. The van der Waals surface area contributed by atoms with Gasteiger partial charge >= 0.3 is 0 Å². The standard InChI is InChI=1S/C13H16N2O2S/c1-9-12(10(2)17-15-9)5-6-14-13(16)8-11-4-3-7-18-11/h3-4,7H,5-6,8H2,1-2H3,(H,14,16). The minimum absolute atomic E-state index is 0.0595. The van der Waals surface area contributed by atoms with Crippen molar-refractivity contribution >= 4 is 17.2 Å². The molecule has 5 heteroatoms. The first-order chi connectivity index (χ1) is 8.66. The second-order valence-corrected chi connectivity index (χ2v) is 5.19. The van der Waals surface area contributed by atoms with Gasteiger partial charge in [0.1, 0.15) is 5.76 Å². The largest absolute Gasteiger partial charge is 0.361 e. The molecule has 4 nitrogen and oxygen atoms in total. The Morgan fingerprint density at radius 3 is 2.94 bits per heavy atom. The Balaban J connectivity index is 1.77. The van der Waals surface area contributed by atoms with Crippen molar-refractivity contribution in [1.82, 2.24) is 10.5 Å². The van der Waals surface area contributed by atoms with Gasteiger partial charge in [0.05, 0.1) is 12.1 Å². The van der Waals surface area contributed by atoms with Gasteiger partial charge < -0.3 is 9.84 Å². The van der Waals surface area contributed by atoms with Crippen molar-refractivity contribution in [3.8, 4) is 0 Å². The van der Waals surface area contributed by atoms with Crippen LogP contribution in [0.2, 0.25) is 0 Å². The highest BCUT2D eigenvalue weighted by Crippen LogP contribution is 2.12. The van der Waals surface area contributed by atoms with Crippen molar-refractivity contribution in [2.45, 2.75) is 26.7 Å². The third kappa shape index (κ3) is 3.20. The van der Waals surface area contributed by atoms with E-state index in [4.69, 9.17) is 4.52 Å². The predicted molar refractivity (Wildman–Crippen MR) is 70.7 cm³/mol. The number of rotatable bonds is 5. The topological polar surface area (TPSA) is 55.1 Å². The molecule has 0 aromatic carbocycles. The fraction of sp³-hybridized carbons (Fsp3) is 0.385. The summed E-state index contributed by atoms with van der Waals surface area (Å²) in [4.78, 5) is 12.8. The minimum Gasteiger partial charge on any atom is -0.361 e. The molecule has 0 radical (unpaired) electrons. The highest BCUT2D eigenvalue weighted by molar-refractivity contribution is 7.10. The van der Waals surface area contributed by atoms with E-state index >= 15 is 0 Å². The van der Waals surface area contributed by atoms with E-state index in [1.165, 1.54) is 0 Å². The van der Waals surface area contributed by atoms with Gasteiger partial charge in [-0.15, -0.1) is 11.3 Å². The molecule has 0 fully saturated rings. The Morgan fingerprint density at radius 2 is 2.33 bits per heavy atom. The summed E-state index contributed by atoms with van der Waals surface area (Å²) in [5.41, 5.74) is 1.99.